The second-order valence-electron chi connectivity index (χ2n) is 3.95. The topological polar surface area (TPSA) is 123 Å². The molecule has 1 saturated heterocycles. The summed E-state index contributed by atoms with van der Waals surface area (Å²) >= 11 is 1.55. The molecule has 3 N–H and O–H groups in total. The Kier molecular flexibility index (Phi) is 3.74. The van der Waals surface area contributed by atoms with Crippen LogP contribution in [0.2, 0.25) is 0 Å². The highest BCUT2D eigenvalue weighted by atomic mass is 32.2. The van der Waals surface area contributed by atoms with E-state index < -0.39 is 16.9 Å². The van der Waals surface area contributed by atoms with Gasteiger partial charge >= 0.3 is 11.7 Å². The third-order valence-corrected chi connectivity index (χ3v) is 3.81. The maximum absolute atomic E-state index is 11.2. The van der Waals surface area contributed by atoms with Gasteiger partial charge in [-0.2, -0.15) is 11.8 Å². The van der Waals surface area contributed by atoms with Crippen molar-refractivity contribution >= 4 is 35.1 Å². The van der Waals surface area contributed by atoms with Crippen LogP contribution >= 0.6 is 11.8 Å². The van der Waals surface area contributed by atoms with Crippen LogP contribution in [0, 0.1) is 10.1 Å². The van der Waals surface area contributed by atoms with Crippen molar-refractivity contribution in [2.45, 2.75) is 6.04 Å². The van der Waals surface area contributed by atoms with E-state index in [1.807, 2.05) is 0 Å². The Hall–Kier alpha value is -2.03. The maximum atomic E-state index is 11.2. The van der Waals surface area contributed by atoms with Crippen molar-refractivity contribution in [2.75, 3.05) is 28.7 Å². The van der Waals surface area contributed by atoms with Crippen LogP contribution in [0.1, 0.15) is 0 Å². The van der Waals surface area contributed by atoms with Gasteiger partial charge in [0, 0.05) is 24.1 Å². The van der Waals surface area contributed by atoms with Crippen molar-refractivity contribution in [2.24, 2.45) is 0 Å². The van der Waals surface area contributed by atoms with Crippen molar-refractivity contribution in [3.63, 3.8) is 0 Å². The molecule has 0 spiro atoms. The van der Waals surface area contributed by atoms with E-state index in [1.165, 1.54) is 12.1 Å². The number of pyridine rings is 1. The fraction of sp³-hybridized carbons (Fsp3) is 0.400. The summed E-state index contributed by atoms with van der Waals surface area (Å²) in [6.45, 7) is 0.520. The molecule has 8 nitrogen and oxygen atoms in total. The lowest BCUT2D eigenvalue weighted by atomic mass is 10.2. The number of carboxylic acids is 1. The molecular formula is C10H12N4O4S. The fourth-order valence-electron chi connectivity index (χ4n) is 1.85. The van der Waals surface area contributed by atoms with E-state index in [1.54, 1.807) is 16.7 Å². The lowest BCUT2D eigenvalue weighted by Gasteiger charge is -2.33. The van der Waals surface area contributed by atoms with Gasteiger partial charge in [-0.1, -0.05) is 0 Å². The number of anilines is 2. The van der Waals surface area contributed by atoms with E-state index in [0.29, 0.717) is 18.1 Å². The normalized spacial score (nSPS) is 19.2. The first kappa shape index (κ1) is 13.4. The summed E-state index contributed by atoms with van der Waals surface area (Å²) in [7, 11) is 0. The highest BCUT2D eigenvalue weighted by Crippen LogP contribution is 2.27. The van der Waals surface area contributed by atoms with Crippen LogP contribution in [0.25, 0.3) is 0 Å². The van der Waals surface area contributed by atoms with Crippen LogP contribution in [-0.4, -0.2) is 45.1 Å². The average molecular weight is 284 g/mol. The van der Waals surface area contributed by atoms with Gasteiger partial charge in [0.15, 0.2) is 0 Å². The van der Waals surface area contributed by atoms with Crippen LogP contribution in [0.3, 0.4) is 0 Å². The van der Waals surface area contributed by atoms with Gasteiger partial charge in [-0.3, -0.25) is 10.1 Å². The van der Waals surface area contributed by atoms with E-state index in [0.717, 1.165) is 5.75 Å². The summed E-state index contributed by atoms with van der Waals surface area (Å²) in [6, 6.07) is 1.99. The zero-order valence-electron chi connectivity index (χ0n) is 9.85. The molecule has 2 heterocycles. The summed E-state index contributed by atoms with van der Waals surface area (Å²) in [5.74, 6) is 0.447. The van der Waals surface area contributed by atoms with Crippen LogP contribution in [-0.2, 0) is 4.79 Å². The van der Waals surface area contributed by atoms with Gasteiger partial charge in [0.2, 0.25) is 5.82 Å². The van der Waals surface area contributed by atoms with Crippen LogP contribution in [0.15, 0.2) is 12.1 Å². The van der Waals surface area contributed by atoms with Gasteiger partial charge in [0.25, 0.3) is 0 Å². The number of hydrogen-bond donors (Lipinski definition) is 2. The molecule has 0 aromatic carbocycles. The van der Waals surface area contributed by atoms with Gasteiger partial charge in [0.1, 0.15) is 11.9 Å². The molecule has 2 rings (SSSR count). The molecule has 1 aliphatic heterocycles. The third-order valence-electron chi connectivity index (χ3n) is 2.79. The highest BCUT2D eigenvalue weighted by molar-refractivity contribution is 7.99. The molecule has 1 aliphatic rings. The Morgan fingerprint density at radius 1 is 1.63 bits per heavy atom. The molecule has 0 bridgehead atoms. The van der Waals surface area contributed by atoms with E-state index in [-0.39, 0.29) is 11.5 Å². The largest absolute Gasteiger partial charge is 0.480 e. The third kappa shape index (κ3) is 2.70. The Bertz CT molecular complexity index is 524. The number of nitrogens with two attached hydrogens (primary N) is 1. The van der Waals surface area contributed by atoms with Crippen molar-refractivity contribution < 1.29 is 14.8 Å². The number of thioether (sulfide) groups is 1. The number of rotatable bonds is 3. The number of carbonyl (C=O) groups is 1. The quantitative estimate of drug-likeness (QED) is 0.610. The van der Waals surface area contributed by atoms with E-state index in [2.05, 4.69) is 4.98 Å². The van der Waals surface area contributed by atoms with Gasteiger partial charge in [0.05, 0.1) is 4.92 Å². The predicted octanol–water partition coefficient (Wildman–Crippen LogP) is 0.578. The second-order valence-corrected chi connectivity index (χ2v) is 5.10. The number of nitrogens with zero attached hydrogens (tertiary/aromatic N) is 3. The lowest BCUT2D eigenvalue weighted by molar-refractivity contribution is -0.384. The average Bonchev–Trinajstić information content (AvgIpc) is 2.38. The Morgan fingerprint density at radius 2 is 2.37 bits per heavy atom. The van der Waals surface area contributed by atoms with Gasteiger partial charge in [-0.05, 0) is 6.07 Å². The van der Waals surface area contributed by atoms with Gasteiger partial charge in [-0.15, -0.1) is 0 Å². The lowest BCUT2D eigenvalue weighted by Crippen LogP contribution is -2.47. The predicted molar refractivity (Wildman–Crippen MR) is 71.4 cm³/mol. The summed E-state index contributed by atoms with van der Waals surface area (Å²) in [5, 5.41) is 19.8. The van der Waals surface area contributed by atoms with Crippen LogP contribution < -0.4 is 10.6 Å². The molecule has 0 radical (unpaired) electrons. The van der Waals surface area contributed by atoms with Gasteiger partial charge in [-0.25, -0.2) is 9.78 Å². The molecule has 102 valence electrons. The molecule has 19 heavy (non-hydrogen) atoms. The first-order chi connectivity index (χ1) is 9.00. The number of hydrogen-bond acceptors (Lipinski definition) is 7. The Labute approximate surface area is 112 Å². The molecule has 1 aromatic rings. The van der Waals surface area contributed by atoms with E-state index >= 15 is 0 Å². The summed E-state index contributed by atoms with van der Waals surface area (Å²) in [4.78, 5) is 26.8. The number of aliphatic carboxylic acids is 1. The van der Waals surface area contributed by atoms with Crippen molar-refractivity contribution in [1.82, 2.24) is 4.98 Å². The van der Waals surface area contributed by atoms with Crippen molar-refractivity contribution in [1.29, 1.82) is 0 Å². The van der Waals surface area contributed by atoms with Crippen LogP contribution in [0.5, 0.6) is 0 Å². The van der Waals surface area contributed by atoms with E-state index in [9.17, 15) is 14.9 Å². The first-order valence-corrected chi connectivity index (χ1v) is 6.64. The minimum atomic E-state index is -0.939. The molecule has 0 amide bonds. The summed E-state index contributed by atoms with van der Waals surface area (Å²) in [6.07, 6.45) is 0. The minimum Gasteiger partial charge on any atom is -0.480 e. The number of aromatic nitrogens is 1. The molecule has 0 aliphatic carbocycles. The minimum absolute atomic E-state index is 0.204. The summed E-state index contributed by atoms with van der Waals surface area (Å²) in [5.41, 5.74) is 5.24. The molecule has 9 heteroatoms. The fourth-order valence-corrected chi connectivity index (χ4v) is 2.89. The smallest absolute Gasteiger partial charge is 0.327 e. The van der Waals surface area contributed by atoms with E-state index in [4.69, 9.17) is 10.8 Å². The zero-order valence-corrected chi connectivity index (χ0v) is 10.7. The monoisotopic (exact) mass is 284 g/mol. The number of carboxylic acid groups (broad SMARTS) is 1. The second kappa shape index (κ2) is 5.31. The standard InChI is InChI=1S/C10H12N4O4S/c11-9-6(14(17)18)1-2-8(12-9)13-3-4-19-5-7(13)10(15)16/h1-2,7H,3-5H2,(H2,11,12)(H,15,16). The molecule has 1 aromatic heterocycles. The Morgan fingerprint density at radius 3 is 2.95 bits per heavy atom. The van der Waals surface area contributed by atoms with Crippen LogP contribution in [0.4, 0.5) is 17.3 Å². The SMILES string of the molecule is Nc1nc(N2CCSCC2C(=O)O)ccc1[N+](=O)[O-]. The summed E-state index contributed by atoms with van der Waals surface area (Å²) < 4.78 is 0. The molecule has 1 fully saturated rings. The Balaban J connectivity index is 2.32. The molecule has 1 atom stereocenters. The maximum Gasteiger partial charge on any atom is 0.327 e. The first-order valence-electron chi connectivity index (χ1n) is 5.49. The highest BCUT2D eigenvalue weighted by Gasteiger charge is 2.30. The number of nitrogen functional groups attached to an aromatic ring is 1. The van der Waals surface area contributed by atoms with Gasteiger partial charge < -0.3 is 15.7 Å². The zero-order chi connectivity index (χ0) is 14.0. The van der Waals surface area contributed by atoms with Crippen molar-refractivity contribution in [3.8, 4) is 0 Å². The molecule has 0 saturated carbocycles. The molecule has 1 unspecified atom stereocenters. The molecular weight excluding hydrogens is 272 g/mol. The van der Waals surface area contributed by atoms with Crippen molar-refractivity contribution in [3.05, 3.63) is 22.2 Å². The number of nitro groups is 1.